The Morgan fingerprint density at radius 1 is 0.900 bits per heavy atom. The lowest BCUT2D eigenvalue weighted by atomic mass is 10.1. The van der Waals surface area contributed by atoms with Crippen molar-refractivity contribution in [2.45, 2.75) is 52.5 Å². The van der Waals surface area contributed by atoms with Gasteiger partial charge in [0, 0.05) is 15.6 Å². The molecule has 1 rings (SSSR count). The molecule has 0 saturated carbocycles. The Morgan fingerprint density at radius 2 is 1.25 bits per heavy atom. The molecule has 20 heavy (non-hydrogen) atoms. The monoisotopic (exact) mass is 376 g/mol. The highest BCUT2D eigenvalue weighted by atomic mass is 79.9. The van der Waals surface area contributed by atoms with Crippen molar-refractivity contribution in [2.24, 2.45) is 0 Å². The first-order valence-corrected chi connectivity index (χ1v) is 14.4. The average Bonchev–Trinajstić information content (AvgIpc) is 2.25. The average molecular weight is 377 g/mol. The minimum atomic E-state index is -1.60. The molecular weight excluding hydrogens is 352 g/mol. The molecule has 1 N–H and O–H groups in total. The molecule has 0 amide bonds. The highest BCUT2D eigenvalue weighted by Crippen LogP contribution is 2.30. The maximum Gasteiger partial charge on any atom is 0.184 e. The van der Waals surface area contributed by atoms with Gasteiger partial charge in [0.1, 0.15) is 5.75 Å². The third-order valence-electron chi connectivity index (χ3n) is 2.55. The van der Waals surface area contributed by atoms with Crippen LogP contribution >= 0.6 is 15.9 Å². The number of hydrogen-bond donors (Lipinski definition) is 1. The second kappa shape index (κ2) is 6.74. The molecule has 0 aliphatic carbocycles. The Morgan fingerprint density at radius 3 is 1.55 bits per heavy atom. The Hall–Kier alpha value is -0.146. The molecular formula is C14H25BrO3Si2. The van der Waals surface area contributed by atoms with E-state index in [1.165, 1.54) is 0 Å². The molecule has 0 aliphatic rings. The zero-order chi connectivity index (χ0) is 15.6. The van der Waals surface area contributed by atoms with Crippen molar-refractivity contribution >= 4 is 32.6 Å². The van der Waals surface area contributed by atoms with Gasteiger partial charge in [0.25, 0.3) is 0 Å². The van der Waals surface area contributed by atoms with E-state index in [9.17, 15) is 5.11 Å². The minimum Gasteiger partial charge on any atom is -0.507 e. The van der Waals surface area contributed by atoms with Gasteiger partial charge in [-0.2, -0.15) is 0 Å². The molecule has 0 aliphatic heterocycles. The third kappa shape index (κ3) is 6.54. The third-order valence-corrected chi connectivity index (χ3v) is 5.03. The highest BCUT2D eigenvalue weighted by molar-refractivity contribution is 9.10. The molecule has 0 saturated heterocycles. The van der Waals surface area contributed by atoms with E-state index < -0.39 is 16.6 Å². The van der Waals surface area contributed by atoms with E-state index >= 15 is 0 Å². The van der Waals surface area contributed by atoms with Gasteiger partial charge in [0.15, 0.2) is 16.6 Å². The van der Waals surface area contributed by atoms with Crippen LogP contribution in [0.3, 0.4) is 0 Å². The molecule has 0 bridgehead atoms. The van der Waals surface area contributed by atoms with E-state index in [4.69, 9.17) is 8.85 Å². The first kappa shape index (κ1) is 17.9. The number of benzene rings is 1. The zero-order valence-electron chi connectivity index (χ0n) is 13.2. The van der Waals surface area contributed by atoms with Gasteiger partial charge in [0.2, 0.25) is 0 Å². The van der Waals surface area contributed by atoms with Gasteiger partial charge < -0.3 is 14.0 Å². The van der Waals surface area contributed by atoms with Crippen molar-refractivity contribution in [1.29, 1.82) is 0 Å². The first-order chi connectivity index (χ1) is 8.98. The second-order valence-corrected chi connectivity index (χ2v) is 16.8. The van der Waals surface area contributed by atoms with Crippen LogP contribution in [0.1, 0.15) is 11.1 Å². The number of phenols is 1. The molecule has 0 aromatic heterocycles. The van der Waals surface area contributed by atoms with E-state index in [0.29, 0.717) is 19.0 Å². The highest BCUT2D eigenvalue weighted by Gasteiger charge is 2.19. The lowest BCUT2D eigenvalue weighted by molar-refractivity contribution is 0.280. The Kier molecular flexibility index (Phi) is 6.04. The van der Waals surface area contributed by atoms with Crippen LogP contribution in [0.4, 0.5) is 0 Å². The van der Waals surface area contributed by atoms with Crippen LogP contribution in [-0.2, 0) is 22.1 Å². The van der Waals surface area contributed by atoms with Gasteiger partial charge in [-0.3, -0.25) is 0 Å². The van der Waals surface area contributed by atoms with Gasteiger partial charge in [-0.1, -0.05) is 15.9 Å². The van der Waals surface area contributed by atoms with Crippen molar-refractivity contribution in [2.75, 3.05) is 0 Å². The summed E-state index contributed by atoms with van der Waals surface area (Å²) < 4.78 is 12.7. The van der Waals surface area contributed by atoms with Crippen molar-refractivity contribution in [1.82, 2.24) is 0 Å². The standard InChI is InChI=1S/C14H25BrO3Si2/c1-19(2,3)17-9-11-7-13(15)8-12(14(11)16)10-18-20(4,5)6/h7-8,16H,9-10H2,1-6H3. The molecule has 0 unspecified atom stereocenters. The Balaban J connectivity index is 2.89. The quantitative estimate of drug-likeness (QED) is 0.720. The second-order valence-electron chi connectivity index (χ2n) is 6.87. The SMILES string of the molecule is C[Si](C)(C)OCc1cc(Br)cc(CO[Si](C)(C)C)c1O. The molecule has 1 aromatic carbocycles. The number of rotatable bonds is 6. The lowest BCUT2D eigenvalue weighted by Gasteiger charge is -2.20. The normalized spacial score (nSPS) is 12.8. The predicted octanol–water partition coefficient (Wildman–Crippen LogP) is 4.86. The molecule has 0 heterocycles. The van der Waals surface area contributed by atoms with Crippen LogP contribution in [0.25, 0.3) is 0 Å². The van der Waals surface area contributed by atoms with Crippen molar-refractivity contribution < 1.29 is 14.0 Å². The summed E-state index contributed by atoms with van der Waals surface area (Å²) in [5, 5.41) is 10.4. The Bertz CT molecular complexity index is 425. The smallest absolute Gasteiger partial charge is 0.184 e. The minimum absolute atomic E-state index is 0.296. The summed E-state index contributed by atoms with van der Waals surface area (Å²) >= 11 is 3.49. The van der Waals surface area contributed by atoms with E-state index in [1.807, 2.05) is 12.1 Å². The summed E-state index contributed by atoms with van der Waals surface area (Å²) in [7, 11) is -3.19. The molecule has 3 nitrogen and oxygen atoms in total. The molecule has 0 atom stereocenters. The van der Waals surface area contributed by atoms with Gasteiger partial charge in [-0.15, -0.1) is 0 Å². The van der Waals surface area contributed by atoms with E-state index in [0.717, 1.165) is 15.6 Å². The molecule has 0 radical (unpaired) electrons. The molecule has 0 fully saturated rings. The maximum atomic E-state index is 10.4. The van der Waals surface area contributed by atoms with Crippen LogP contribution < -0.4 is 0 Å². The lowest BCUT2D eigenvalue weighted by Crippen LogP contribution is -2.25. The van der Waals surface area contributed by atoms with E-state index in [2.05, 4.69) is 55.2 Å². The maximum absolute atomic E-state index is 10.4. The number of halogens is 1. The summed E-state index contributed by atoms with van der Waals surface area (Å²) in [6.07, 6.45) is 0. The fourth-order valence-corrected chi connectivity index (χ4v) is 3.26. The summed E-state index contributed by atoms with van der Waals surface area (Å²) in [6.45, 7) is 13.7. The van der Waals surface area contributed by atoms with Crippen molar-refractivity contribution in [3.8, 4) is 5.75 Å². The van der Waals surface area contributed by atoms with Gasteiger partial charge >= 0.3 is 0 Å². The van der Waals surface area contributed by atoms with E-state index in [-0.39, 0.29) is 0 Å². The summed E-state index contributed by atoms with van der Waals surface area (Å²) in [4.78, 5) is 0. The van der Waals surface area contributed by atoms with Crippen LogP contribution in [-0.4, -0.2) is 21.7 Å². The van der Waals surface area contributed by atoms with Crippen molar-refractivity contribution in [3.05, 3.63) is 27.7 Å². The summed E-state index contributed by atoms with van der Waals surface area (Å²) in [5.41, 5.74) is 1.63. The summed E-state index contributed by atoms with van der Waals surface area (Å²) in [6, 6.07) is 3.82. The Labute approximate surface area is 132 Å². The van der Waals surface area contributed by atoms with Gasteiger partial charge in [-0.05, 0) is 51.4 Å². The fraction of sp³-hybridized carbons (Fsp3) is 0.571. The number of aromatic hydroxyl groups is 1. The molecule has 114 valence electrons. The zero-order valence-corrected chi connectivity index (χ0v) is 16.8. The van der Waals surface area contributed by atoms with Crippen LogP contribution in [0.2, 0.25) is 39.3 Å². The van der Waals surface area contributed by atoms with Crippen LogP contribution in [0.15, 0.2) is 16.6 Å². The number of phenolic OH excluding ortho intramolecular Hbond substituents is 1. The number of hydrogen-bond acceptors (Lipinski definition) is 3. The molecule has 6 heteroatoms. The van der Waals surface area contributed by atoms with Crippen LogP contribution in [0, 0.1) is 0 Å². The van der Waals surface area contributed by atoms with Gasteiger partial charge in [-0.25, -0.2) is 0 Å². The molecule has 1 aromatic rings. The van der Waals surface area contributed by atoms with Gasteiger partial charge in [0.05, 0.1) is 13.2 Å². The van der Waals surface area contributed by atoms with Crippen molar-refractivity contribution in [3.63, 3.8) is 0 Å². The first-order valence-electron chi connectivity index (χ1n) is 6.76. The predicted molar refractivity (Wildman–Crippen MR) is 92.1 cm³/mol. The largest absolute Gasteiger partial charge is 0.507 e. The molecule has 0 spiro atoms. The van der Waals surface area contributed by atoms with Crippen LogP contribution in [0.5, 0.6) is 5.75 Å². The van der Waals surface area contributed by atoms with E-state index in [1.54, 1.807) is 0 Å². The topological polar surface area (TPSA) is 38.7 Å². The summed E-state index contributed by atoms with van der Waals surface area (Å²) in [5.74, 6) is 0.296. The fourth-order valence-electron chi connectivity index (χ4n) is 1.53.